The smallest absolute Gasteiger partial charge is 0.118 e. The Labute approximate surface area is 110 Å². The molecule has 0 saturated heterocycles. The second-order valence-corrected chi connectivity index (χ2v) is 4.98. The van der Waals surface area contributed by atoms with E-state index < -0.39 is 0 Å². The average molecular weight is 251 g/mol. The minimum absolute atomic E-state index is 0.248. The summed E-state index contributed by atoms with van der Waals surface area (Å²) in [6.07, 6.45) is 2.16. The highest BCUT2D eigenvalue weighted by atomic mass is 16.5. The molecule has 2 N–H and O–H groups in total. The van der Waals surface area contributed by atoms with E-state index in [0.29, 0.717) is 12.0 Å². The number of nitrogens with one attached hydrogen (secondary N) is 1. The normalized spacial score (nSPS) is 14.2. The van der Waals surface area contributed by atoms with Gasteiger partial charge in [-0.25, -0.2) is 0 Å². The van der Waals surface area contributed by atoms with Gasteiger partial charge in [0.1, 0.15) is 5.75 Å². The molecule has 0 aliphatic carbocycles. The third kappa shape index (κ3) is 5.52. The SMILES string of the molecule is COc1ccc(CCC(C)NCC(C)CO)cc1. The van der Waals surface area contributed by atoms with E-state index in [1.165, 1.54) is 5.56 Å². The van der Waals surface area contributed by atoms with Crippen LogP contribution in [0.1, 0.15) is 25.8 Å². The molecular weight excluding hydrogens is 226 g/mol. The number of aliphatic hydroxyl groups excluding tert-OH is 1. The summed E-state index contributed by atoms with van der Waals surface area (Å²) >= 11 is 0. The number of aryl methyl sites for hydroxylation is 1. The third-order valence-corrected chi connectivity index (χ3v) is 3.15. The molecule has 0 spiro atoms. The number of hydrogen-bond acceptors (Lipinski definition) is 3. The molecule has 0 fully saturated rings. The second kappa shape index (κ2) is 8.11. The molecule has 2 atom stereocenters. The van der Waals surface area contributed by atoms with Crippen molar-refractivity contribution in [2.24, 2.45) is 5.92 Å². The third-order valence-electron chi connectivity index (χ3n) is 3.15. The zero-order chi connectivity index (χ0) is 13.4. The van der Waals surface area contributed by atoms with E-state index in [1.54, 1.807) is 7.11 Å². The molecule has 0 radical (unpaired) electrons. The Morgan fingerprint density at radius 2 is 1.89 bits per heavy atom. The van der Waals surface area contributed by atoms with Crippen molar-refractivity contribution < 1.29 is 9.84 Å². The summed E-state index contributed by atoms with van der Waals surface area (Å²) in [5.41, 5.74) is 1.33. The van der Waals surface area contributed by atoms with E-state index in [4.69, 9.17) is 9.84 Å². The maximum atomic E-state index is 8.95. The summed E-state index contributed by atoms with van der Waals surface area (Å²) in [4.78, 5) is 0. The van der Waals surface area contributed by atoms with E-state index in [2.05, 4.69) is 24.4 Å². The van der Waals surface area contributed by atoms with Gasteiger partial charge in [0.2, 0.25) is 0 Å². The van der Waals surface area contributed by atoms with Crippen molar-refractivity contribution in [3.63, 3.8) is 0 Å². The molecule has 102 valence electrons. The van der Waals surface area contributed by atoms with E-state index in [9.17, 15) is 0 Å². The van der Waals surface area contributed by atoms with Crippen molar-refractivity contribution >= 4 is 0 Å². The van der Waals surface area contributed by atoms with Crippen LogP contribution < -0.4 is 10.1 Å². The molecule has 1 aromatic carbocycles. The maximum absolute atomic E-state index is 8.95. The quantitative estimate of drug-likeness (QED) is 0.744. The van der Waals surface area contributed by atoms with E-state index in [0.717, 1.165) is 25.1 Å². The summed E-state index contributed by atoms with van der Waals surface area (Å²) < 4.78 is 5.14. The van der Waals surface area contributed by atoms with Crippen molar-refractivity contribution in [2.75, 3.05) is 20.3 Å². The number of hydrogen-bond donors (Lipinski definition) is 2. The fourth-order valence-electron chi connectivity index (χ4n) is 1.74. The van der Waals surface area contributed by atoms with Crippen LogP contribution in [0.4, 0.5) is 0 Å². The number of benzene rings is 1. The molecule has 0 aliphatic rings. The first kappa shape index (κ1) is 15.0. The van der Waals surface area contributed by atoms with Crippen LogP contribution in [-0.2, 0) is 6.42 Å². The Morgan fingerprint density at radius 1 is 1.22 bits per heavy atom. The molecule has 0 heterocycles. The Hall–Kier alpha value is -1.06. The van der Waals surface area contributed by atoms with Crippen LogP contribution in [0.15, 0.2) is 24.3 Å². The number of aliphatic hydroxyl groups is 1. The molecule has 1 aromatic rings. The van der Waals surface area contributed by atoms with Crippen LogP contribution in [-0.4, -0.2) is 31.4 Å². The molecule has 0 aliphatic heterocycles. The van der Waals surface area contributed by atoms with Gasteiger partial charge in [0.25, 0.3) is 0 Å². The summed E-state index contributed by atoms with van der Waals surface area (Å²) in [7, 11) is 1.68. The molecule has 3 nitrogen and oxygen atoms in total. The molecule has 0 saturated carbocycles. The minimum atomic E-state index is 0.248. The first-order valence-corrected chi connectivity index (χ1v) is 6.63. The van der Waals surface area contributed by atoms with Gasteiger partial charge in [-0.3, -0.25) is 0 Å². The van der Waals surface area contributed by atoms with Gasteiger partial charge >= 0.3 is 0 Å². The van der Waals surface area contributed by atoms with E-state index in [-0.39, 0.29) is 6.61 Å². The predicted molar refractivity (Wildman–Crippen MR) is 75.0 cm³/mol. The van der Waals surface area contributed by atoms with Crippen molar-refractivity contribution in [1.82, 2.24) is 5.32 Å². The first-order valence-electron chi connectivity index (χ1n) is 6.63. The number of methoxy groups -OCH3 is 1. The minimum Gasteiger partial charge on any atom is -0.497 e. The first-order chi connectivity index (χ1) is 8.65. The largest absolute Gasteiger partial charge is 0.497 e. The summed E-state index contributed by atoms with van der Waals surface area (Å²) in [5, 5.41) is 12.4. The highest BCUT2D eigenvalue weighted by Gasteiger charge is 2.05. The van der Waals surface area contributed by atoms with E-state index in [1.807, 2.05) is 19.1 Å². The topological polar surface area (TPSA) is 41.5 Å². The predicted octanol–water partition coefficient (Wildman–Crippen LogP) is 2.23. The monoisotopic (exact) mass is 251 g/mol. The van der Waals surface area contributed by atoms with Gasteiger partial charge in [-0.1, -0.05) is 19.1 Å². The number of ether oxygens (including phenoxy) is 1. The lowest BCUT2D eigenvalue weighted by molar-refractivity contribution is 0.230. The Bertz CT molecular complexity index is 324. The Balaban J connectivity index is 2.26. The van der Waals surface area contributed by atoms with E-state index >= 15 is 0 Å². The Kier molecular flexibility index (Phi) is 6.76. The lowest BCUT2D eigenvalue weighted by Gasteiger charge is -2.16. The van der Waals surface area contributed by atoms with Gasteiger partial charge in [-0.05, 0) is 43.4 Å². The van der Waals surface area contributed by atoms with Crippen molar-refractivity contribution in [1.29, 1.82) is 0 Å². The van der Waals surface area contributed by atoms with Crippen LogP contribution in [0.3, 0.4) is 0 Å². The van der Waals surface area contributed by atoms with Gasteiger partial charge < -0.3 is 15.2 Å². The molecule has 2 unspecified atom stereocenters. The van der Waals surface area contributed by atoms with Gasteiger partial charge in [0.05, 0.1) is 7.11 Å². The fraction of sp³-hybridized carbons (Fsp3) is 0.600. The lowest BCUT2D eigenvalue weighted by Crippen LogP contribution is -2.31. The Morgan fingerprint density at radius 3 is 2.44 bits per heavy atom. The summed E-state index contributed by atoms with van der Waals surface area (Å²) in [6.45, 7) is 5.36. The van der Waals surface area contributed by atoms with Crippen LogP contribution >= 0.6 is 0 Å². The average Bonchev–Trinajstić information content (AvgIpc) is 2.42. The second-order valence-electron chi connectivity index (χ2n) is 4.98. The fourth-order valence-corrected chi connectivity index (χ4v) is 1.74. The maximum Gasteiger partial charge on any atom is 0.118 e. The van der Waals surface area contributed by atoms with Gasteiger partial charge in [-0.15, -0.1) is 0 Å². The zero-order valence-corrected chi connectivity index (χ0v) is 11.6. The molecule has 0 bridgehead atoms. The van der Waals surface area contributed by atoms with Crippen LogP contribution in [0.2, 0.25) is 0 Å². The standard InChI is InChI=1S/C15H25NO2/c1-12(11-17)10-16-13(2)4-5-14-6-8-15(18-3)9-7-14/h6-9,12-13,16-17H,4-5,10-11H2,1-3H3. The zero-order valence-electron chi connectivity index (χ0n) is 11.6. The van der Waals surface area contributed by atoms with Gasteiger partial charge in [0, 0.05) is 19.2 Å². The summed E-state index contributed by atoms with van der Waals surface area (Å²) in [6, 6.07) is 8.70. The summed E-state index contributed by atoms with van der Waals surface area (Å²) in [5.74, 6) is 1.23. The van der Waals surface area contributed by atoms with Gasteiger partial charge in [-0.2, -0.15) is 0 Å². The molecule has 3 heteroatoms. The highest BCUT2D eigenvalue weighted by Crippen LogP contribution is 2.13. The van der Waals surface area contributed by atoms with Crippen molar-refractivity contribution in [2.45, 2.75) is 32.7 Å². The molecular formula is C15H25NO2. The lowest BCUT2D eigenvalue weighted by atomic mass is 10.1. The van der Waals surface area contributed by atoms with Crippen LogP contribution in [0.5, 0.6) is 5.75 Å². The number of rotatable bonds is 8. The van der Waals surface area contributed by atoms with Crippen molar-refractivity contribution in [3.05, 3.63) is 29.8 Å². The highest BCUT2D eigenvalue weighted by molar-refractivity contribution is 5.27. The van der Waals surface area contributed by atoms with Gasteiger partial charge in [0.15, 0.2) is 0 Å². The van der Waals surface area contributed by atoms with Crippen LogP contribution in [0, 0.1) is 5.92 Å². The van der Waals surface area contributed by atoms with Crippen LogP contribution in [0.25, 0.3) is 0 Å². The molecule has 0 amide bonds. The van der Waals surface area contributed by atoms with Crippen molar-refractivity contribution in [3.8, 4) is 5.75 Å². The molecule has 0 aromatic heterocycles. The molecule has 1 rings (SSSR count). The molecule has 18 heavy (non-hydrogen) atoms.